The Labute approximate surface area is 108 Å². The summed E-state index contributed by atoms with van der Waals surface area (Å²) in [5, 5.41) is 11.9. The molecule has 0 radical (unpaired) electrons. The highest BCUT2D eigenvalue weighted by Crippen LogP contribution is 2.17. The molecule has 0 heterocycles. The second-order valence-electron chi connectivity index (χ2n) is 4.97. The molecular weight excluding hydrogens is 234 g/mol. The highest BCUT2D eigenvalue weighted by atomic mass is 32.2. The van der Waals surface area contributed by atoms with Crippen LogP contribution in [0, 0.1) is 11.8 Å². The van der Waals surface area contributed by atoms with Gasteiger partial charge >= 0.3 is 0 Å². The molecule has 1 aliphatic carbocycles. The van der Waals surface area contributed by atoms with Crippen molar-refractivity contribution in [2.45, 2.75) is 32.7 Å². The molecule has 0 aromatic heterocycles. The van der Waals surface area contributed by atoms with Crippen LogP contribution in [0.25, 0.3) is 0 Å². The first-order chi connectivity index (χ1) is 8.11. The van der Waals surface area contributed by atoms with Gasteiger partial charge in [-0.25, -0.2) is 0 Å². The maximum Gasteiger partial charge on any atom is 0.230 e. The van der Waals surface area contributed by atoms with Crippen LogP contribution in [-0.2, 0) is 4.79 Å². The van der Waals surface area contributed by atoms with Gasteiger partial charge in [0.15, 0.2) is 0 Å². The first-order valence-corrected chi connectivity index (χ1v) is 7.43. The van der Waals surface area contributed by atoms with E-state index in [4.69, 9.17) is 5.11 Å². The van der Waals surface area contributed by atoms with Gasteiger partial charge in [-0.05, 0) is 24.5 Å². The Kier molecular flexibility index (Phi) is 6.66. The fourth-order valence-corrected chi connectivity index (χ4v) is 2.80. The van der Waals surface area contributed by atoms with Gasteiger partial charge < -0.3 is 10.4 Å². The molecule has 0 spiro atoms. The average Bonchev–Trinajstić information content (AvgIpc) is 2.72. The average molecular weight is 257 g/mol. The zero-order valence-corrected chi connectivity index (χ0v) is 11.5. The number of hydrogen-bond donors (Lipinski definition) is 2. The molecular formula is C13H23NO2S. The first kappa shape index (κ1) is 14.6. The summed E-state index contributed by atoms with van der Waals surface area (Å²) in [6, 6.07) is 0.116. The number of hydrogen-bond acceptors (Lipinski definition) is 3. The predicted octanol–water partition coefficient (Wildman–Crippen LogP) is 1.82. The van der Waals surface area contributed by atoms with E-state index in [9.17, 15) is 4.79 Å². The minimum atomic E-state index is 0.104. The lowest BCUT2D eigenvalue weighted by Gasteiger charge is -2.12. The molecule has 0 fully saturated rings. The van der Waals surface area contributed by atoms with Crippen molar-refractivity contribution in [1.29, 1.82) is 0 Å². The lowest BCUT2D eigenvalue weighted by Crippen LogP contribution is -2.34. The van der Waals surface area contributed by atoms with Crippen molar-refractivity contribution in [2.24, 2.45) is 11.8 Å². The van der Waals surface area contributed by atoms with E-state index in [2.05, 4.69) is 19.2 Å². The summed E-state index contributed by atoms with van der Waals surface area (Å²) in [4.78, 5) is 11.6. The Morgan fingerprint density at radius 3 is 2.88 bits per heavy atom. The normalized spacial score (nSPS) is 23.3. The zero-order valence-electron chi connectivity index (χ0n) is 10.7. The third-order valence-electron chi connectivity index (χ3n) is 2.83. The van der Waals surface area contributed by atoms with Gasteiger partial charge in [-0.15, -0.1) is 0 Å². The Morgan fingerprint density at radius 1 is 1.53 bits per heavy atom. The third kappa shape index (κ3) is 6.13. The van der Waals surface area contributed by atoms with Crippen LogP contribution in [0.15, 0.2) is 12.2 Å². The largest absolute Gasteiger partial charge is 0.396 e. The topological polar surface area (TPSA) is 49.3 Å². The molecule has 0 saturated heterocycles. The molecule has 0 bridgehead atoms. The smallest absolute Gasteiger partial charge is 0.230 e. The van der Waals surface area contributed by atoms with E-state index in [1.165, 1.54) is 0 Å². The van der Waals surface area contributed by atoms with E-state index < -0.39 is 0 Å². The molecule has 0 aromatic rings. The van der Waals surface area contributed by atoms with E-state index in [-0.39, 0.29) is 24.5 Å². The summed E-state index contributed by atoms with van der Waals surface area (Å²) in [7, 11) is 0. The molecule has 0 unspecified atom stereocenters. The van der Waals surface area contributed by atoms with Gasteiger partial charge in [-0.2, -0.15) is 11.8 Å². The summed E-state index contributed by atoms with van der Waals surface area (Å²) in [6.07, 6.45) is 5.96. The van der Waals surface area contributed by atoms with Crippen LogP contribution in [0.5, 0.6) is 0 Å². The van der Waals surface area contributed by atoms with Gasteiger partial charge in [0, 0.05) is 18.6 Å². The number of carbonyl (C=O) groups excluding carboxylic acids is 1. The van der Waals surface area contributed by atoms with Crippen LogP contribution >= 0.6 is 11.8 Å². The van der Waals surface area contributed by atoms with E-state index in [1.807, 2.05) is 12.2 Å². The van der Waals surface area contributed by atoms with Gasteiger partial charge in [-0.3, -0.25) is 4.79 Å². The Morgan fingerprint density at radius 2 is 2.29 bits per heavy atom. The number of amides is 1. The highest BCUT2D eigenvalue weighted by molar-refractivity contribution is 7.99. The Bertz CT molecular complexity index is 266. The SMILES string of the molecule is CC(C)CCSCC(=O)N[C@@H]1C=C[C@H](CO)C1. The van der Waals surface area contributed by atoms with Gasteiger partial charge in [0.2, 0.25) is 5.91 Å². The molecule has 1 amide bonds. The second-order valence-corrected chi connectivity index (χ2v) is 6.08. The summed E-state index contributed by atoms with van der Waals surface area (Å²) >= 11 is 1.69. The number of carbonyl (C=O) groups is 1. The van der Waals surface area contributed by atoms with Crippen LogP contribution in [0.2, 0.25) is 0 Å². The van der Waals surface area contributed by atoms with Crippen LogP contribution in [-0.4, -0.2) is 35.2 Å². The first-order valence-electron chi connectivity index (χ1n) is 6.28. The number of thioether (sulfide) groups is 1. The van der Waals surface area contributed by atoms with E-state index in [1.54, 1.807) is 11.8 Å². The third-order valence-corrected chi connectivity index (χ3v) is 3.82. The quantitative estimate of drug-likeness (QED) is 0.540. The fraction of sp³-hybridized carbons (Fsp3) is 0.769. The standard InChI is InChI=1S/C13H23NO2S/c1-10(2)5-6-17-9-13(16)14-12-4-3-11(7-12)8-15/h3-4,10-12,15H,5-9H2,1-2H3,(H,14,16)/t11-,12+/m0/s1. The summed E-state index contributed by atoms with van der Waals surface area (Å²) < 4.78 is 0. The second kappa shape index (κ2) is 7.77. The predicted molar refractivity (Wildman–Crippen MR) is 73.0 cm³/mol. The maximum absolute atomic E-state index is 11.6. The minimum Gasteiger partial charge on any atom is -0.396 e. The van der Waals surface area contributed by atoms with Crippen molar-refractivity contribution in [3.05, 3.63) is 12.2 Å². The number of aliphatic hydroxyl groups excluding tert-OH is 1. The minimum absolute atomic E-state index is 0.104. The van der Waals surface area contributed by atoms with Crippen molar-refractivity contribution in [1.82, 2.24) is 5.32 Å². The zero-order chi connectivity index (χ0) is 12.7. The summed E-state index contributed by atoms with van der Waals surface area (Å²) in [6.45, 7) is 4.56. The Balaban J connectivity index is 2.08. The molecule has 1 rings (SSSR count). The van der Waals surface area contributed by atoms with Gasteiger partial charge in [-0.1, -0.05) is 26.0 Å². The van der Waals surface area contributed by atoms with Gasteiger partial charge in [0.25, 0.3) is 0 Å². The van der Waals surface area contributed by atoms with Crippen LogP contribution in [0.4, 0.5) is 0 Å². The van der Waals surface area contributed by atoms with Crippen molar-refractivity contribution >= 4 is 17.7 Å². The molecule has 2 N–H and O–H groups in total. The van der Waals surface area contributed by atoms with E-state index in [0.717, 1.165) is 18.6 Å². The summed E-state index contributed by atoms with van der Waals surface area (Å²) in [5.74, 6) is 2.61. The van der Waals surface area contributed by atoms with Crippen LogP contribution in [0.1, 0.15) is 26.7 Å². The van der Waals surface area contributed by atoms with Crippen molar-refractivity contribution in [3.63, 3.8) is 0 Å². The molecule has 3 nitrogen and oxygen atoms in total. The fourth-order valence-electron chi connectivity index (χ4n) is 1.75. The van der Waals surface area contributed by atoms with E-state index >= 15 is 0 Å². The molecule has 1 aliphatic rings. The van der Waals surface area contributed by atoms with Crippen LogP contribution in [0.3, 0.4) is 0 Å². The molecule has 0 aliphatic heterocycles. The van der Waals surface area contributed by atoms with Crippen molar-refractivity contribution in [3.8, 4) is 0 Å². The van der Waals surface area contributed by atoms with Crippen LogP contribution < -0.4 is 5.32 Å². The van der Waals surface area contributed by atoms with Gasteiger partial charge in [0.1, 0.15) is 0 Å². The van der Waals surface area contributed by atoms with Crippen molar-refractivity contribution < 1.29 is 9.90 Å². The lowest BCUT2D eigenvalue weighted by molar-refractivity contribution is -0.119. The maximum atomic E-state index is 11.6. The number of rotatable bonds is 7. The number of aliphatic hydroxyl groups is 1. The van der Waals surface area contributed by atoms with E-state index in [0.29, 0.717) is 11.7 Å². The lowest BCUT2D eigenvalue weighted by atomic mass is 10.1. The number of nitrogens with one attached hydrogen (secondary N) is 1. The molecule has 98 valence electrons. The Hall–Kier alpha value is -0.480. The molecule has 2 atom stereocenters. The monoisotopic (exact) mass is 257 g/mol. The summed E-state index contributed by atoms with van der Waals surface area (Å²) in [5.41, 5.74) is 0. The molecule has 4 heteroatoms. The molecule has 17 heavy (non-hydrogen) atoms. The molecule has 0 saturated carbocycles. The van der Waals surface area contributed by atoms with Crippen molar-refractivity contribution in [2.75, 3.05) is 18.1 Å². The molecule has 0 aromatic carbocycles. The van der Waals surface area contributed by atoms with Gasteiger partial charge in [0.05, 0.1) is 5.75 Å². The highest BCUT2D eigenvalue weighted by Gasteiger charge is 2.19.